The zero-order chi connectivity index (χ0) is 18.1. The lowest BCUT2D eigenvalue weighted by Gasteiger charge is -2.38. The number of hydrogen-bond donors (Lipinski definition) is 1. The highest BCUT2D eigenvalue weighted by atomic mass is 35.5. The van der Waals surface area contributed by atoms with Crippen LogP contribution in [-0.4, -0.2) is 75.8 Å². The van der Waals surface area contributed by atoms with Crippen molar-refractivity contribution in [2.45, 2.75) is 25.8 Å². The third-order valence-corrected chi connectivity index (χ3v) is 5.34. The number of nitrogens with zero attached hydrogens (tertiary/aromatic N) is 6. The number of anilines is 1. The zero-order valence-corrected chi connectivity index (χ0v) is 17.5. The summed E-state index contributed by atoms with van der Waals surface area (Å²) >= 11 is 0. The van der Waals surface area contributed by atoms with Crippen LogP contribution in [0.15, 0.2) is 12.4 Å². The van der Waals surface area contributed by atoms with Gasteiger partial charge in [-0.1, -0.05) is 0 Å². The molecule has 2 saturated heterocycles. The summed E-state index contributed by atoms with van der Waals surface area (Å²) in [7, 11) is 0. The molecule has 0 bridgehead atoms. The Morgan fingerprint density at radius 3 is 2.57 bits per heavy atom. The molecular formula is C17H27Cl2N7O2. The van der Waals surface area contributed by atoms with Crippen LogP contribution in [-0.2, 0) is 9.53 Å². The van der Waals surface area contributed by atoms with Gasteiger partial charge in [-0.2, -0.15) is 14.6 Å². The molecule has 0 radical (unpaired) electrons. The van der Waals surface area contributed by atoms with Crippen LogP contribution >= 0.6 is 24.8 Å². The van der Waals surface area contributed by atoms with Crippen molar-refractivity contribution in [3.05, 3.63) is 18.1 Å². The van der Waals surface area contributed by atoms with E-state index in [-0.39, 0.29) is 36.6 Å². The largest absolute Gasteiger partial charge is 0.381 e. The number of halogens is 2. The third-order valence-electron chi connectivity index (χ3n) is 5.34. The van der Waals surface area contributed by atoms with Crippen LogP contribution in [0.3, 0.4) is 0 Å². The van der Waals surface area contributed by atoms with Gasteiger partial charge in [0.2, 0.25) is 5.91 Å². The Bertz CT molecular complexity index is 789. The average Bonchev–Trinajstić information content (AvgIpc) is 3.15. The quantitative estimate of drug-likeness (QED) is 0.761. The molecule has 0 aliphatic carbocycles. The Hall–Kier alpha value is -1.68. The molecule has 28 heavy (non-hydrogen) atoms. The van der Waals surface area contributed by atoms with Crippen molar-refractivity contribution in [3.63, 3.8) is 0 Å². The van der Waals surface area contributed by atoms with Crippen molar-refractivity contribution < 1.29 is 9.53 Å². The molecule has 2 aromatic rings. The first-order valence-corrected chi connectivity index (χ1v) is 9.18. The number of fused-ring (bicyclic) bond motifs is 1. The monoisotopic (exact) mass is 431 g/mol. The smallest absolute Gasteiger partial charge is 0.254 e. The molecule has 1 unspecified atom stereocenters. The van der Waals surface area contributed by atoms with Gasteiger partial charge in [0.1, 0.15) is 12.1 Å². The fraction of sp³-hybridized carbons (Fsp3) is 0.647. The van der Waals surface area contributed by atoms with E-state index in [9.17, 15) is 4.79 Å². The molecule has 0 saturated carbocycles. The number of carbonyl (C=O) groups is 1. The Labute approximate surface area is 176 Å². The van der Waals surface area contributed by atoms with Crippen LogP contribution in [0.4, 0.5) is 5.82 Å². The number of aromatic nitrogens is 4. The maximum absolute atomic E-state index is 12.8. The topological polar surface area (TPSA) is 102 Å². The Morgan fingerprint density at radius 2 is 1.89 bits per heavy atom. The van der Waals surface area contributed by atoms with Gasteiger partial charge in [0.25, 0.3) is 5.78 Å². The summed E-state index contributed by atoms with van der Waals surface area (Å²) in [6.45, 7) is 6.16. The first-order chi connectivity index (χ1) is 12.6. The van der Waals surface area contributed by atoms with Gasteiger partial charge in [0.15, 0.2) is 0 Å². The second-order valence-corrected chi connectivity index (χ2v) is 7.02. The number of carbonyl (C=O) groups excluding carboxylic acids is 1. The molecule has 2 fully saturated rings. The molecule has 2 N–H and O–H groups in total. The minimum Gasteiger partial charge on any atom is -0.381 e. The van der Waals surface area contributed by atoms with Gasteiger partial charge >= 0.3 is 0 Å². The number of nitrogens with two attached hydrogens (primary N) is 1. The number of hydrogen-bond acceptors (Lipinski definition) is 7. The summed E-state index contributed by atoms with van der Waals surface area (Å²) in [5.41, 5.74) is 7.16. The van der Waals surface area contributed by atoms with Gasteiger partial charge in [-0.3, -0.25) is 4.79 Å². The molecule has 2 aromatic heterocycles. The minimum atomic E-state index is -0.421. The maximum atomic E-state index is 12.8. The van der Waals surface area contributed by atoms with Gasteiger partial charge in [0.05, 0.1) is 6.04 Å². The normalized spacial score (nSPS) is 19.1. The molecule has 11 heteroatoms. The molecule has 9 nitrogen and oxygen atoms in total. The van der Waals surface area contributed by atoms with Crippen LogP contribution in [0.25, 0.3) is 5.78 Å². The van der Waals surface area contributed by atoms with E-state index in [1.807, 2.05) is 17.9 Å². The second kappa shape index (κ2) is 9.69. The van der Waals surface area contributed by atoms with E-state index >= 15 is 0 Å². The molecule has 2 aliphatic rings. The van der Waals surface area contributed by atoms with Gasteiger partial charge in [-0.25, -0.2) is 4.98 Å². The lowest BCUT2D eigenvalue weighted by atomic mass is 9.91. The summed E-state index contributed by atoms with van der Waals surface area (Å²) in [4.78, 5) is 25.4. The summed E-state index contributed by atoms with van der Waals surface area (Å²) in [6.07, 6.45) is 3.25. The predicted molar refractivity (Wildman–Crippen MR) is 110 cm³/mol. The van der Waals surface area contributed by atoms with Crippen LogP contribution in [0, 0.1) is 12.8 Å². The van der Waals surface area contributed by atoms with E-state index in [1.165, 1.54) is 6.33 Å². The van der Waals surface area contributed by atoms with Gasteiger partial charge in [0, 0.05) is 51.2 Å². The van der Waals surface area contributed by atoms with Crippen LogP contribution in [0.5, 0.6) is 0 Å². The number of aryl methyl sites for hydroxylation is 1. The summed E-state index contributed by atoms with van der Waals surface area (Å²) in [5.74, 6) is 1.85. The van der Waals surface area contributed by atoms with E-state index in [2.05, 4.69) is 20.0 Å². The number of amides is 1. The molecule has 4 rings (SSSR count). The highest BCUT2D eigenvalue weighted by molar-refractivity contribution is 5.85. The highest BCUT2D eigenvalue weighted by Crippen LogP contribution is 2.21. The fourth-order valence-corrected chi connectivity index (χ4v) is 3.78. The number of ether oxygens (including phenoxy) is 1. The Balaban J connectivity index is 0.00000140. The molecule has 156 valence electrons. The Kier molecular flexibility index (Phi) is 7.82. The first-order valence-electron chi connectivity index (χ1n) is 9.18. The van der Waals surface area contributed by atoms with Crippen LogP contribution in [0.1, 0.15) is 18.5 Å². The van der Waals surface area contributed by atoms with E-state index < -0.39 is 6.04 Å². The second-order valence-electron chi connectivity index (χ2n) is 7.02. The van der Waals surface area contributed by atoms with Crippen molar-refractivity contribution in [3.8, 4) is 0 Å². The molecular weight excluding hydrogens is 405 g/mol. The predicted octanol–water partition coefficient (Wildman–Crippen LogP) is 0.679. The lowest BCUT2D eigenvalue weighted by Crippen LogP contribution is -2.55. The minimum absolute atomic E-state index is 0. The van der Waals surface area contributed by atoms with Crippen LogP contribution in [0.2, 0.25) is 0 Å². The molecule has 4 heterocycles. The molecule has 1 amide bonds. The summed E-state index contributed by atoms with van der Waals surface area (Å²) < 4.78 is 7.12. The van der Waals surface area contributed by atoms with Gasteiger partial charge in [-0.15, -0.1) is 24.8 Å². The van der Waals surface area contributed by atoms with Crippen molar-refractivity contribution in [1.82, 2.24) is 24.5 Å². The zero-order valence-electron chi connectivity index (χ0n) is 15.9. The summed E-state index contributed by atoms with van der Waals surface area (Å²) in [6, 6.07) is 1.59. The van der Waals surface area contributed by atoms with Crippen molar-refractivity contribution in [1.29, 1.82) is 0 Å². The standard InChI is InChI=1S/C17H25N7O2.2ClH/c1-12-10-14(24-17(21-12)19-11-20-24)22-4-6-23(7-5-22)16(25)15(18)13-2-8-26-9-3-13;;/h10-11,13,15H,2-9,18H2,1H3;2*1H. The van der Waals surface area contributed by atoms with Crippen molar-refractivity contribution >= 4 is 42.3 Å². The van der Waals surface area contributed by atoms with E-state index in [0.29, 0.717) is 32.1 Å². The number of piperazine rings is 1. The summed E-state index contributed by atoms with van der Waals surface area (Å²) in [5, 5.41) is 4.27. The Morgan fingerprint density at radius 1 is 1.21 bits per heavy atom. The van der Waals surface area contributed by atoms with Crippen molar-refractivity contribution in [2.24, 2.45) is 11.7 Å². The van der Waals surface area contributed by atoms with Crippen LogP contribution < -0.4 is 10.6 Å². The van der Waals surface area contributed by atoms with E-state index in [1.54, 1.807) is 4.52 Å². The fourth-order valence-electron chi connectivity index (χ4n) is 3.78. The first kappa shape index (κ1) is 22.6. The highest BCUT2D eigenvalue weighted by Gasteiger charge is 2.32. The number of rotatable bonds is 3. The molecule has 0 aromatic carbocycles. The third kappa shape index (κ3) is 4.48. The SMILES string of the molecule is Cc1cc(N2CCN(C(=O)C(N)C3CCOCC3)CC2)n2ncnc2n1.Cl.Cl. The molecule has 1 atom stereocenters. The van der Waals surface area contributed by atoms with Crippen molar-refractivity contribution in [2.75, 3.05) is 44.3 Å². The van der Waals surface area contributed by atoms with E-state index in [0.717, 1.165) is 37.4 Å². The lowest BCUT2D eigenvalue weighted by molar-refractivity contribution is -0.135. The average molecular weight is 432 g/mol. The van der Waals surface area contributed by atoms with Gasteiger partial charge < -0.3 is 20.3 Å². The maximum Gasteiger partial charge on any atom is 0.254 e. The van der Waals surface area contributed by atoms with E-state index in [4.69, 9.17) is 10.5 Å². The van der Waals surface area contributed by atoms with Gasteiger partial charge in [-0.05, 0) is 25.7 Å². The molecule has 0 spiro atoms. The molecule has 2 aliphatic heterocycles.